The molecular weight excluding hydrogens is 268 g/mol. The topological polar surface area (TPSA) is 83.2 Å². The van der Waals surface area contributed by atoms with Gasteiger partial charge in [0, 0.05) is 0 Å². The lowest BCUT2D eigenvalue weighted by Gasteiger charge is -2.10. The lowest BCUT2D eigenvalue weighted by atomic mass is 10.0. The molecule has 0 atom stereocenters. The monoisotopic (exact) mass is 288 g/mol. The second-order valence-electron chi connectivity index (χ2n) is 5.25. The van der Waals surface area contributed by atoms with Crippen molar-refractivity contribution in [3.05, 3.63) is 29.8 Å². The Hall–Kier alpha value is -2.37. The van der Waals surface area contributed by atoms with Gasteiger partial charge in [-0.1, -0.05) is 26.0 Å². The molecule has 1 aromatic carbocycles. The molecule has 0 aliphatic rings. The number of nitrogens with zero attached hydrogens (tertiary/aromatic N) is 3. The highest BCUT2D eigenvalue weighted by atomic mass is 16.5. The van der Waals surface area contributed by atoms with Gasteiger partial charge in [0.1, 0.15) is 5.75 Å². The maximum Gasteiger partial charge on any atom is 0.330 e. The van der Waals surface area contributed by atoms with E-state index in [-0.39, 0.29) is 24.1 Å². The molecule has 6 heteroatoms. The molecule has 0 fully saturated rings. The van der Waals surface area contributed by atoms with Crippen LogP contribution >= 0.6 is 0 Å². The maximum absolute atomic E-state index is 5.65. The zero-order chi connectivity index (χ0) is 15.4. The minimum atomic E-state index is -0.0519. The summed E-state index contributed by atoms with van der Waals surface area (Å²) < 4.78 is 11.1. The largest absolute Gasteiger partial charge is 0.461 e. The second kappa shape index (κ2) is 6.39. The van der Waals surface area contributed by atoms with E-state index in [4.69, 9.17) is 15.2 Å². The summed E-state index contributed by atoms with van der Waals surface area (Å²) in [4.78, 5) is 12.0. The highest BCUT2D eigenvalue weighted by Crippen LogP contribution is 2.24. The molecule has 1 heterocycles. The van der Waals surface area contributed by atoms with Crippen LogP contribution in [0.15, 0.2) is 24.3 Å². The number of hydrogen-bond acceptors (Lipinski definition) is 6. The third kappa shape index (κ3) is 4.30. The standard InChI is InChI=1S/C15H20N4O2/c1-9(2)11-6-5-7-12(8-11)21-15-18-13(16)17-14(19-15)20-10(3)4/h5-10H,1-4H3,(H2,16,17,18,19). The Morgan fingerprint density at radius 1 is 1.00 bits per heavy atom. The molecule has 0 spiro atoms. The molecule has 0 bridgehead atoms. The van der Waals surface area contributed by atoms with Gasteiger partial charge in [-0.3, -0.25) is 0 Å². The van der Waals surface area contributed by atoms with Gasteiger partial charge in [-0.05, 0) is 37.5 Å². The molecule has 0 radical (unpaired) electrons. The van der Waals surface area contributed by atoms with Gasteiger partial charge in [0.15, 0.2) is 0 Å². The van der Waals surface area contributed by atoms with Crippen LogP contribution in [0.25, 0.3) is 0 Å². The number of aromatic nitrogens is 3. The van der Waals surface area contributed by atoms with Crippen LogP contribution in [0.5, 0.6) is 17.8 Å². The lowest BCUT2D eigenvalue weighted by molar-refractivity contribution is 0.219. The Morgan fingerprint density at radius 3 is 2.38 bits per heavy atom. The summed E-state index contributed by atoms with van der Waals surface area (Å²) in [7, 11) is 0. The number of nitrogens with two attached hydrogens (primary N) is 1. The number of benzene rings is 1. The third-order valence-electron chi connectivity index (χ3n) is 2.69. The Labute approximate surface area is 124 Å². The number of ether oxygens (including phenoxy) is 2. The number of anilines is 1. The predicted molar refractivity (Wildman–Crippen MR) is 80.6 cm³/mol. The molecule has 0 aliphatic heterocycles. The average molecular weight is 288 g/mol. The van der Waals surface area contributed by atoms with E-state index in [2.05, 4.69) is 28.8 Å². The van der Waals surface area contributed by atoms with E-state index in [1.165, 1.54) is 5.56 Å². The van der Waals surface area contributed by atoms with Crippen molar-refractivity contribution in [2.75, 3.05) is 5.73 Å². The van der Waals surface area contributed by atoms with Crippen LogP contribution < -0.4 is 15.2 Å². The molecule has 2 aromatic rings. The van der Waals surface area contributed by atoms with Crippen molar-refractivity contribution in [2.45, 2.75) is 39.7 Å². The zero-order valence-corrected chi connectivity index (χ0v) is 12.7. The highest BCUT2D eigenvalue weighted by molar-refractivity contribution is 5.32. The summed E-state index contributed by atoms with van der Waals surface area (Å²) in [5.74, 6) is 1.13. The van der Waals surface area contributed by atoms with Crippen molar-refractivity contribution in [2.24, 2.45) is 0 Å². The fourth-order valence-corrected chi connectivity index (χ4v) is 1.70. The average Bonchev–Trinajstić information content (AvgIpc) is 2.37. The van der Waals surface area contributed by atoms with E-state index in [1.54, 1.807) is 0 Å². The maximum atomic E-state index is 5.65. The van der Waals surface area contributed by atoms with Gasteiger partial charge in [0.05, 0.1) is 6.10 Å². The van der Waals surface area contributed by atoms with Crippen molar-refractivity contribution in [3.63, 3.8) is 0 Å². The van der Waals surface area contributed by atoms with E-state index in [1.807, 2.05) is 38.1 Å². The minimum absolute atomic E-state index is 0.0519. The highest BCUT2D eigenvalue weighted by Gasteiger charge is 2.10. The SMILES string of the molecule is CC(C)Oc1nc(N)nc(Oc2cccc(C(C)C)c2)n1. The molecule has 112 valence electrons. The van der Waals surface area contributed by atoms with Gasteiger partial charge >= 0.3 is 12.0 Å². The summed E-state index contributed by atoms with van der Waals surface area (Å²) >= 11 is 0. The summed E-state index contributed by atoms with van der Waals surface area (Å²) in [5.41, 5.74) is 6.82. The number of hydrogen-bond donors (Lipinski definition) is 1. The summed E-state index contributed by atoms with van der Waals surface area (Å²) in [6, 6.07) is 8.06. The van der Waals surface area contributed by atoms with E-state index >= 15 is 0 Å². The summed E-state index contributed by atoms with van der Waals surface area (Å²) in [5, 5.41) is 0. The van der Waals surface area contributed by atoms with Gasteiger partial charge in [-0.15, -0.1) is 4.98 Å². The van der Waals surface area contributed by atoms with Crippen molar-refractivity contribution >= 4 is 5.95 Å². The predicted octanol–water partition coefficient (Wildman–Crippen LogP) is 3.16. The van der Waals surface area contributed by atoms with Crippen molar-refractivity contribution < 1.29 is 9.47 Å². The van der Waals surface area contributed by atoms with E-state index in [9.17, 15) is 0 Å². The molecule has 2 rings (SSSR count). The first-order valence-corrected chi connectivity index (χ1v) is 6.90. The normalized spacial score (nSPS) is 11.0. The number of rotatable bonds is 5. The van der Waals surface area contributed by atoms with Gasteiger partial charge in [-0.25, -0.2) is 0 Å². The van der Waals surface area contributed by atoms with E-state index < -0.39 is 0 Å². The zero-order valence-electron chi connectivity index (χ0n) is 12.7. The molecule has 21 heavy (non-hydrogen) atoms. The van der Waals surface area contributed by atoms with Crippen LogP contribution in [0, 0.1) is 0 Å². The Bertz CT molecular complexity index is 614. The van der Waals surface area contributed by atoms with Crippen LogP contribution in [0.4, 0.5) is 5.95 Å². The van der Waals surface area contributed by atoms with Crippen molar-refractivity contribution in [3.8, 4) is 17.8 Å². The van der Waals surface area contributed by atoms with E-state index in [0.717, 1.165) is 0 Å². The Kier molecular flexibility index (Phi) is 4.57. The third-order valence-corrected chi connectivity index (χ3v) is 2.69. The van der Waals surface area contributed by atoms with Crippen LogP contribution in [0.3, 0.4) is 0 Å². The van der Waals surface area contributed by atoms with Crippen LogP contribution in [-0.2, 0) is 0 Å². The van der Waals surface area contributed by atoms with Gasteiger partial charge in [-0.2, -0.15) is 9.97 Å². The molecule has 0 amide bonds. The first-order valence-electron chi connectivity index (χ1n) is 6.90. The molecule has 6 nitrogen and oxygen atoms in total. The smallest absolute Gasteiger partial charge is 0.330 e. The van der Waals surface area contributed by atoms with Crippen LogP contribution in [0.1, 0.15) is 39.2 Å². The molecule has 1 aromatic heterocycles. The quantitative estimate of drug-likeness (QED) is 0.909. The molecule has 0 aliphatic carbocycles. The van der Waals surface area contributed by atoms with Crippen molar-refractivity contribution in [1.29, 1.82) is 0 Å². The van der Waals surface area contributed by atoms with Gasteiger partial charge in [0.2, 0.25) is 5.95 Å². The fourth-order valence-electron chi connectivity index (χ4n) is 1.70. The Morgan fingerprint density at radius 2 is 1.71 bits per heavy atom. The summed E-state index contributed by atoms with van der Waals surface area (Å²) in [6.45, 7) is 8.00. The van der Waals surface area contributed by atoms with Crippen LogP contribution in [0.2, 0.25) is 0 Å². The van der Waals surface area contributed by atoms with Crippen LogP contribution in [-0.4, -0.2) is 21.1 Å². The van der Waals surface area contributed by atoms with Gasteiger partial charge < -0.3 is 15.2 Å². The van der Waals surface area contributed by atoms with Gasteiger partial charge in [0.25, 0.3) is 0 Å². The minimum Gasteiger partial charge on any atom is -0.461 e. The molecule has 0 unspecified atom stereocenters. The first-order chi connectivity index (χ1) is 9.94. The number of nitrogen functional groups attached to an aromatic ring is 1. The Balaban J connectivity index is 2.22. The first kappa shape index (κ1) is 15.0. The molecular formula is C15H20N4O2. The van der Waals surface area contributed by atoms with E-state index in [0.29, 0.717) is 11.7 Å². The molecule has 0 saturated heterocycles. The second-order valence-corrected chi connectivity index (χ2v) is 5.25. The molecule has 0 saturated carbocycles. The fraction of sp³-hybridized carbons (Fsp3) is 0.400. The molecule has 2 N–H and O–H groups in total. The van der Waals surface area contributed by atoms with Crippen molar-refractivity contribution in [1.82, 2.24) is 15.0 Å². The summed E-state index contributed by atoms with van der Waals surface area (Å²) in [6.07, 6.45) is -0.0519. The lowest BCUT2D eigenvalue weighted by Crippen LogP contribution is -2.11.